The largest absolute Gasteiger partial charge is 0.344 e. The summed E-state index contributed by atoms with van der Waals surface area (Å²) in [6, 6.07) is 15.7. The first-order valence-electron chi connectivity index (χ1n) is 8.99. The molecule has 0 spiro atoms. The van der Waals surface area contributed by atoms with E-state index >= 15 is 0 Å². The van der Waals surface area contributed by atoms with Gasteiger partial charge in [0, 0.05) is 15.7 Å². The maximum atomic E-state index is 4.96. The zero-order valence-electron chi connectivity index (χ0n) is 14.0. The van der Waals surface area contributed by atoms with Gasteiger partial charge in [-0.2, -0.15) is 0 Å². The third-order valence-electron chi connectivity index (χ3n) is 5.37. The monoisotopic (exact) mass is 393 g/mol. The number of aryl methyl sites for hydroxylation is 2. The van der Waals surface area contributed by atoms with E-state index in [1.165, 1.54) is 40.8 Å². The predicted molar refractivity (Wildman–Crippen MR) is 105 cm³/mol. The van der Waals surface area contributed by atoms with Crippen molar-refractivity contribution < 1.29 is 0 Å². The molecule has 25 heavy (non-hydrogen) atoms. The molecule has 2 N–H and O–H groups in total. The summed E-state index contributed by atoms with van der Waals surface area (Å²) in [5.41, 5.74) is 7.70. The van der Waals surface area contributed by atoms with Gasteiger partial charge >= 0.3 is 0 Å². The first-order chi connectivity index (χ1) is 12.3. The molecule has 1 aliphatic carbocycles. The molecule has 3 aromatic rings. The van der Waals surface area contributed by atoms with Gasteiger partial charge in [0.25, 0.3) is 0 Å². The molecule has 1 unspecified atom stereocenters. The summed E-state index contributed by atoms with van der Waals surface area (Å²) in [6.45, 7) is 1.10. The van der Waals surface area contributed by atoms with E-state index in [9.17, 15) is 0 Å². The Bertz CT molecular complexity index is 921. The normalized spacial score (nSPS) is 18.8. The van der Waals surface area contributed by atoms with Crippen molar-refractivity contribution in [3.63, 3.8) is 0 Å². The maximum Gasteiger partial charge on any atom is 0.124 e. The molecule has 2 aromatic carbocycles. The lowest BCUT2D eigenvalue weighted by Gasteiger charge is -2.16. The minimum absolute atomic E-state index is 0.399. The molecule has 0 amide bonds. The van der Waals surface area contributed by atoms with Crippen LogP contribution in [0.2, 0.25) is 0 Å². The summed E-state index contributed by atoms with van der Waals surface area (Å²) in [7, 11) is 0. The van der Waals surface area contributed by atoms with Gasteiger partial charge in [-0.15, -0.1) is 0 Å². The second kappa shape index (κ2) is 6.11. The van der Waals surface area contributed by atoms with Crippen molar-refractivity contribution in [3.05, 3.63) is 64.0 Å². The Kier molecular flexibility index (Phi) is 3.75. The number of aromatic nitrogens is 2. The molecule has 2 aliphatic rings. The highest BCUT2D eigenvalue weighted by molar-refractivity contribution is 9.10. The van der Waals surface area contributed by atoms with Crippen molar-refractivity contribution in [2.45, 2.75) is 31.7 Å². The van der Waals surface area contributed by atoms with Crippen LogP contribution in [0.4, 0.5) is 0 Å². The Morgan fingerprint density at radius 3 is 2.64 bits per heavy atom. The zero-order valence-corrected chi connectivity index (χ0v) is 15.6. The number of benzene rings is 2. The fourth-order valence-corrected chi connectivity index (χ4v) is 4.29. The first-order valence-corrected chi connectivity index (χ1v) is 9.78. The van der Waals surface area contributed by atoms with Crippen molar-refractivity contribution in [2.24, 2.45) is 0 Å². The van der Waals surface area contributed by atoms with Gasteiger partial charge in [0.05, 0.1) is 11.7 Å². The number of H-pyrrole nitrogens is 1. The molecule has 1 aliphatic heterocycles. The lowest BCUT2D eigenvalue weighted by molar-refractivity contribution is 0.611. The summed E-state index contributed by atoms with van der Waals surface area (Å²) in [5, 5.41) is 3.54. The number of fused-ring (bicyclic) bond motifs is 3. The predicted octanol–water partition coefficient (Wildman–Crippen LogP) is 5.03. The van der Waals surface area contributed by atoms with E-state index in [-0.39, 0.29) is 0 Å². The highest BCUT2D eigenvalue weighted by atomic mass is 79.9. The van der Waals surface area contributed by atoms with E-state index < -0.39 is 0 Å². The lowest BCUT2D eigenvalue weighted by atomic mass is 9.89. The molecule has 0 saturated carbocycles. The molecular weight excluding hydrogens is 374 g/mol. The molecule has 4 heteroatoms. The lowest BCUT2D eigenvalue weighted by Crippen LogP contribution is -2.14. The summed E-state index contributed by atoms with van der Waals surface area (Å²) < 4.78 is 1.11. The van der Waals surface area contributed by atoms with Gasteiger partial charge in [0.1, 0.15) is 5.82 Å². The Hall–Kier alpha value is -1.91. The maximum absolute atomic E-state index is 4.96. The topological polar surface area (TPSA) is 40.7 Å². The summed E-state index contributed by atoms with van der Waals surface area (Å²) in [5.74, 6) is 1.12. The van der Waals surface area contributed by atoms with Crippen LogP contribution in [0.3, 0.4) is 0 Å². The van der Waals surface area contributed by atoms with Gasteiger partial charge in [-0.05, 0) is 61.1 Å². The van der Waals surface area contributed by atoms with Crippen LogP contribution in [0, 0.1) is 0 Å². The minimum Gasteiger partial charge on any atom is -0.344 e. The quantitative estimate of drug-likeness (QED) is 0.640. The van der Waals surface area contributed by atoms with Crippen molar-refractivity contribution in [1.29, 1.82) is 0 Å². The second-order valence-electron chi connectivity index (χ2n) is 6.98. The van der Waals surface area contributed by atoms with Crippen LogP contribution in [0.5, 0.6) is 0 Å². The fraction of sp³-hybridized carbons (Fsp3) is 0.286. The van der Waals surface area contributed by atoms with Crippen LogP contribution in [-0.4, -0.2) is 16.5 Å². The van der Waals surface area contributed by atoms with E-state index in [0.29, 0.717) is 6.04 Å². The van der Waals surface area contributed by atoms with Gasteiger partial charge in [-0.3, -0.25) is 0 Å². The van der Waals surface area contributed by atoms with Crippen LogP contribution in [0.25, 0.3) is 22.4 Å². The van der Waals surface area contributed by atoms with E-state index in [1.54, 1.807) is 0 Å². The number of nitrogens with one attached hydrogen (secondary N) is 2. The third kappa shape index (κ3) is 2.74. The van der Waals surface area contributed by atoms with Crippen molar-refractivity contribution in [3.8, 4) is 22.4 Å². The Balaban J connectivity index is 1.52. The molecule has 1 saturated heterocycles. The summed E-state index contributed by atoms with van der Waals surface area (Å²) >= 11 is 3.51. The van der Waals surface area contributed by atoms with E-state index in [2.05, 4.69) is 68.7 Å². The van der Waals surface area contributed by atoms with E-state index in [1.807, 2.05) is 0 Å². The molecule has 3 nitrogen and oxygen atoms in total. The van der Waals surface area contributed by atoms with Crippen LogP contribution >= 0.6 is 15.9 Å². The highest BCUT2D eigenvalue weighted by Crippen LogP contribution is 2.36. The number of nitrogens with zero attached hydrogens (tertiary/aromatic N) is 1. The smallest absolute Gasteiger partial charge is 0.124 e. The van der Waals surface area contributed by atoms with Gasteiger partial charge in [-0.25, -0.2) is 4.98 Å². The molecule has 126 valence electrons. The summed E-state index contributed by atoms with van der Waals surface area (Å²) in [6.07, 6.45) is 4.54. The van der Waals surface area contributed by atoms with E-state index in [0.717, 1.165) is 35.4 Å². The Morgan fingerprint density at radius 1 is 1.00 bits per heavy atom. The fourth-order valence-electron chi connectivity index (χ4n) is 4.03. The molecule has 1 fully saturated rings. The van der Waals surface area contributed by atoms with Gasteiger partial charge in [-0.1, -0.05) is 46.3 Å². The average molecular weight is 394 g/mol. The number of hydrogen-bond acceptors (Lipinski definition) is 2. The Labute approximate surface area is 156 Å². The molecule has 0 bridgehead atoms. The van der Waals surface area contributed by atoms with Crippen molar-refractivity contribution in [1.82, 2.24) is 15.3 Å². The molecule has 1 atom stereocenters. The van der Waals surface area contributed by atoms with Crippen molar-refractivity contribution >= 4 is 15.9 Å². The van der Waals surface area contributed by atoms with E-state index in [4.69, 9.17) is 4.98 Å². The third-order valence-corrected chi connectivity index (χ3v) is 5.90. The van der Waals surface area contributed by atoms with Crippen LogP contribution in [-0.2, 0) is 12.8 Å². The number of halogens is 1. The Morgan fingerprint density at radius 2 is 1.84 bits per heavy atom. The number of hydrogen-bond donors (Lipinski definition) is 2. The standard InChI is InChI=1S/C21H20BrN3/c22-16-7-3-13(4-8-16)14-5-9-17-15(12-14)6-10-18-20(17)25-21(24-18)19-2-1-11-23-19/h3-5,7-9,12,19,23H,1-2,6,10-11H2,(H,24,25). The van der Waals surface area contributed by atoms with Gasteiger partial charge < -0.3 is 10.3 Å². The number of rotatable bonds is 2. The molecule has 5 rings (SSSR count). The number of aromatic amines is 1. The average Bonchev–Trinajstić information content (AvgIpc) is 3.31. The number of imidazole rings is 1. The van der Waals surface area contributed by atoms with Crippen LogP contribution in [0.1, 0.15) is 36.0 Å². The molecule has 2 heterocycles. The second-order valence-corrected chi connectivity index (χ2v) is 7.89. The first kappa shape index (κ1) is 15.4. The molecule has 1 aromatic heterocycles. The van der Waals surface area contributed by atoms with Crippen LogP contribution in [0.15, 0.2) is 46.9 Å². The molecular formula is C21H20BrN3. The summed E-state index contributed by atoms with van der Waals surface area (Å²) in [4.78, 5) is 8.55. The zero-order chi connectivity index (χ0) is 16.8. The SMILES string of the molecule is Brc1ccc(-c2ccc3c(c2)CCc2[nH]c(C4CCCN4)nc2-3)cc1. The van der Waals surface area contributed by atoms with Gasteiger partial charge in [0.2, 0.25) is 0 Å². The molecule has 0 radical (unpaired) electrons. The van der Waals surface area contributed by atoms with Crippen LogP contribution < -0.4 is 5.32 Å². The van der Waals surface area contributed by atoms with Gasteiger partial charge in [0.15, 0.2) is 0 Å². The van der Waals surface area contributed by atoms with Crippen molar-refractivity contribution in [2.75, 3.05) is 6.54 Å². The minimum atomic E-state index is 0.399. The highest BCUT2D eigenvalue weighted by Gasteiger charge is 2.25.